The number of rotatable bonds is 3. The monoisotopic (exact) mass is 284 g/mol. The maximum atomic E-state index is 4.70. The van der Waals surface area contributed by atoms with Crippen LogP contribution in [0, 0.1) is 13.8 Å². The van der Waals surface area contributed by atoms with Gasteiger partial charge in [-0.25, -0.2) is 9.97 Å². The fraction of sp³-hybridized carbons (Fsp3) is 0.267. The number of nitrogens with one attached hydrogen (secondary N) is 1. The van der Waals surface area contributed by atoms with Crippen molar-refractivity contribution in [2.24, 2.45) is 0 Å². The third kappa shape index (κ3) is 2.25. The molecule has 0 amide bonds. The van der Waals surface area contributed by atoms with E-state index >= 15 is 0 Å². The van der Waals surface area contributed by atoms with Crippen LogP contribution >= 0.6 is 11.3 Å². The molecule has 3 aromatic heterocycles. The lowest BCUT2D eigenvalue weighted by Crippen LogP contribution is -2.02. The van der Waals surface area contributed by atoms with Crippen LogP contribution in [0.1, 0.15) is 17.4 Å². The van der Waals surface area contributed by atoms with E-state index in [1.165, 1.54) is 4.88 Å². The van der Waals surface area contributed by atoms with Crippen molar-refractivity contribution in [2.45, 2.75) is 20.8 Å². The minimum absolute atomic E-state index is 0.737. The number of aromatic nitrogens is 3. The van der Waals surface area contributed by atoms with Gasteiger partial charge in [0, 0.05) is 29.4 Å². The van der Waals surface area contributed by atoms with Gasteiger partial charge in [-0.15, -0.1) is 11.3 Å². The molecule has 0 aromatic carbocycles. The Bertz CT molecular complexity index is 764. The molecule has 20 heavy (non-hydrogen) atoms. The van der Waals surface area contributed by atoms with Crippen LogP contribution in [0.5, 0.6) is 0 Å². The van der Waals surface area contributed by atoms with Crippen LogP contribution in [0.2, 0.25) is 0 Å². The molecule has 102 valence electrons. The quantitative estimate of drug-likeness (QED) is 0.794. The molecule has 3 heterocycles. The molecule has 0 aliphatic rings. The number of hydrogen-bond donors (Lipinski definition) is 1. The van der Waals surface area contributed by atoms with Crippen LogP contribution in [0.15, 0.2) is 24.5 Å². The first-order valence-corrected chi connectivity index (χ1v) is 7.43. The van der Waals surface area contributed by atoms with Crippen LogP contribution in [0.3, 0.4) is 0 Å². The van der Waals surface area contributed by atoms with E-state index in [1.54, 1.807) is 17.5 Å². The van der Waals surface area contributed by atoms with E-state index in [-0.39, 0.29) is 0 Å². The SMILES string of the molecule is CCNc1nc(-c2cnccc2C)nc2sc(C)cc12. The van der Waals surface area contributed by atoms with E-state index in [4.69, 9.17) is 4.98 Å². The van der Waals surface area contributed by atoms with Crippen LogP contribution in [0.4, 0.5) is 5.82 Å². The molecule has 0 unspecified atom stereocenters. The van der Waals surface area contributed by atoms with E-state index < -0.39 is 0 Å². The molecule has 4 nitrogen and oxygen atoms in total. The summed E-state index contributed by atoms with van der Waals surface area (Å²) in [5, 5.41) is 4.43. The Labute approximate surface area is 121 Å². The predicted octanol–water partition coefficient (Wildman–Crippen LogP) is 3.80. The second kappa shape index (κ2) is 5.17. The summed E-state index contributed by atoms with van der Waals surface area (Å²) in [5.74, 6) is 1.64. The van der Waals surface area contributed by atoms with Crippen molar-refractivity contribution < 1.29 is 0 Å². The first-order chi connectivity index (χ1) is 9.69. The van der Waals surface area contributed by atoms with E-state index in [0.717, 1.165) is 39.5 Å². The maximum Gasteiger partial charge on any atom is 0.164 e. The van der Waals surface area contributed by atoms with Crippen molar-refractivity contribution in [1.29, 1.82) is 0 Å². The van der Waals surface area contributed by atoms with Gasteiger partial charge in [0.25, 0.3) is 0 Å². The lowest BCUT2D eigenvalue weighted by molar-refractivity contribution is 1.14. The molecule has 0 fully saturated rings. The van der Waals surface area contributed by atoms with Gasteiger partial charge >= 0.3 is 0 Å². The first-order valence-electron chi connectivity index (χ1n) is 6.62. The summed E-state index contributed by atoms with van der Waals surface area (Å²) in [6, 6.07) is 4.12. The maximum absolute atomic E-state index is 4.70. The molecule has 0 aliphatic carbocycles. The highest BCUT2D eigenvalue weighted by molar-refractivity contribution is 7.18. The number of pyridine rings is 1. The summed E-state index contributed by atoms with van der Waals surface area (Å²) >= 11 is 1.70. The number of thiophene rings is 1. The van der Waals surface area contributed by atoms with E-state index in [0.29, 0.717) is 0 Å². The molecule has 5 heteroatoms. The molecule has 0 bridgehead atoms. The third-order valence-corrected chi connectivity index (χ3v) is 4.08. The Morgan fingerprint density at radius 1 is 1.25 bits per heavy atom. The van der Waals surface area contributed by atoms with Gasteiger partial charge in [-0.05, 0) is 38.5 Å². The van der Waals surface area contributed by atoms with Gasteiger partial charge in [-0.3, -0.25) is 4.98 Å². The number of anilines is 1. The van der Waals surface area contributed by atoms with Crippen molar-refractivity contribution in [3.8, 4) is 11.4 Å². The average Bonchev–Trinajstić information content (AvgIpc) is 2.80. The normalized spacial score (nSPS) is 10.9. The molecule has 0 spiro atoms. The number of hydrogen-bond acceptors (Lipinski definition) is 5. The molecule has 0 radical (unpaired) electrons. The van der Waals surface area contributed by atoms with Crippen LogP contribution in [-0.2, 0) is 0 Å². The summed E-state index contributed by atoms with van der Waals surface area (Å²) in [6.45, 7) is 7.06. The lowest BCUT2D eigenvalue weighted by atomic mass is 10.1. The van der Waals surface area contributed by atoms with E-state index in [2.05, 4.69) is 42.1 Å². The highest BCUT2D eigenvalue weighted by Crippen LogP contribution is 2.31. The highest BCUT2D eigenvalue weighted by atomic mass is 32.1. The predicted molar refractivity (Wildman–Crippen MR) is 84.3 cm³/mol. The fourth-order valence-electron chi connectivity index (χ4n) is 2.16. The van der Waals surface area contributed by atoms with Crippen molar-refractivity contribution in [1.82, 2.24) is 15.0 Å². The summed E-state index contributed by atoms with van der Waals surface area (Å²) < 4.78 is 0. The Balaban J connectivity index is 2.24. The smallest absolute Gasteiger partial charge is 0.164 e. The molecule has 3 rings (SSSR count). The Kier molecular flexibility index (Phi) is 3.36. The zero-order valence-electron chi connectivity index (χ0n) is 11.8. The zero-order valence-corrected chi connectivity index (χ0v) is 12.6. The largest absolute Gasteiger partial charge is 0.370 e. The van der Waals surface area contributed by atoms with Crippen molar-refractivity contribution in [3.05, 3.63) is 35.0 Å². The molecule has 0 saturated heterocycles. The first kappa shape index (κ1) is 13.0. The highest BCUT2D eigenvalue weighted by Gasteiger charge is 2.12. The van der Waals surface area contributed by atoms with Gasteiger partial charge < -0.3 is 5.32 Å². The Morgan fingerprint density at radius 3 is 2.85 bits per heavy atom. The summed E-state index contributed by atoms with van der Waals surface area (Å²) in [4.78, 5) is 15.8. The van der Waals surface area contributed by atoms with Gasteiger partial charge in [0.1, 0.15) is 10.6 Å². The Morgan fingerprint density at radius 2 is 2.10 bits per heavy atom. The molecule has 0 aliphatic heterocycles. The summed E-state index contributed by atoms with van der Waals surface area (Å²) in [6.07, 6.45) is 3.62. The van der Waals surface area contributed by atoms with Crippen LogP contribution in [0.25, 0.3) is 21.6 Å². The van der Waals surface area contributed by atoms with E-state index in [9.17, 15) is 0 Å². The standard InChI is InChI=1S/C15H16N4S/c1-4-17-13-11-7-10(3)20-15(11)19-14(18-13)12-8-16-6-5-9(12)2/h5-8H,4H2,1-3H3,(H,17,18,19). The van der Waals surface area contributed by atoms with Gasteiger partial charge in [0.15, 0.2) is 5.82 Å². The molecule has 0 saturated carbocycles. The van der Waals surface area contributed by atoms with Crippen molar-refractivity contribution in [2.75, 3.05) is 11.9 Å². The molecule has 3 aromatic rings. The number of aryl methyl sites for hydroxylation is 2. The van der Waals surface area contributed by atoms with Crippen molar-refractivity contribution >= 4 is 27.4 Å². The topological polar surface area (TPSA) is 50.7 Å². The molecule has 1 N–H and O–H groups in total. The van der Waals surface area contributed by atoms with Gasteiger partial charge in [0.2, 0.25) is 0 Å². The molecule has 0 atom stereocenters. The second-order valence-corrected chi connectivity index (χ2v) is 5.93. The fourth-order valence-corrected chi connectivity index (χ4v) is 3.04. The Hall–Kier alpha value is -2.01. The van der Waals surface area contributed by atoms with Crippen molar-refractivity contribution in [3.63, 3.8) is 0 Å². The zero-order chi connectivity index (χ0) is 14.1. The van der Waals surface area contributed by atoms with Gasteiger partial charge in [-0.1, -0.05) is 0 Å². The van der Waals surface area contributed by atoms with E-state index in [1.807, 2.05) is 12.3 Å². The number of nitrogens with zero attached hydrogens (tertiary/aromatic N) is 3. The average molecular weight is 284 g/mol. The molecular weight excluding hydrogens is 268 g/mol. The van der Waals surface area contributed by atoms with Crippen LogP contribution < -0.4 is 5.32 Å². The number of fused-ring (bicyclic) bond motifs is 1. The van der Waals surface area contributed by atoms with Gasteiger partial charge in [0.05, 0.1) is 5.39 Å². The minimum Gasteiger partial charge on any atom is -0.370 e. The van der Waals surface area contributed by atoms with Crippen LogP contribution in [-0.4, -0.2) is 21.5 Å². The summed E-state index contributed by atoms with van der Waals surface area (Å²) in [5.41, 5.74) is 2.12. The minimum atomic E-state index is 0.737. The lowest BCUT2D eigenvalue weighted by Gasteiger charge is -2.08. The summed E-state index contributed by atoms with van der Waals surface area (Å²) in [7, 11) is 0. The second-order valence-electron chi connectivity index (χ2n) is 4.69. The molecular formula is C15H16N4S. The van der Waals surface area contributed by atoms with Gasteiger partial charge in [-0.2, -0.15) is 0 Å². The third-order valence-electron chi connectivity index (χ3n) is 3.14.